The van der Waals surface area contributed by atoms with Crippen molar-refractivity contribution in [2.75, 3.05) is 5.73 Å². The fraction of sp³-hybridized carbons (Fsp3) is 0. The number of anilines is 1. The minimum absolute atomic E-state index is 0.437. The Balaban J connectivity index is 2.14. The van der Waals surface area contributed by atoms with Gasteiger partial charge in [0.1, 0.15) is 15.7 Å². The van der Waals surface area contributed by atoms with Crippen molar-refractivity contribution in [2.45, 2.75) is 0 Å². The number of para-hydroxylation sites is 1. The lowest BCUT2D eigenvalue weighted by atomic mass is 9.93. The van der Waals surface area contributed by atoms with Crippen LogP contribution in [0.2, 0.25) is 5.02 Å². The van der Waals surface area contributed by atoms with Crippen molar-refractivity contribution < 1.29 is 0 Å². The third-order valence-corrected chi connectivity index (χ3v) is 5.63. The van der Waals surface area contributed by atoms with Gasteiger partial charge in [0.15, 0.2) is 0 Å². The van der Waals surface area contributed by atoms with Gasteiger partial charge in [0.2, 0.25) is 0 Å². The second kappa shape index (κ2) is 8.32. The van der Waals surface area contributed by atoms with Crippen molar-refractivity contribution in [2.24, 2.45) is 4.99 Å². The van der Waals surface area contributed by atoms with Crippen molar-refractivity contribution in [1.29, 1.82) is 5.26 Å². The van der Waals surface area contributed by atoms with E-state index in [2.05, 4.69) is 6.07 Å². The molecule has 3 aromatic carbocycles. The van der Waals surface area contributed by atoms with E-state index in [9.17, 15) is 5.26 Å². The average Bonchev–Trinajstić information content (AvgIpc) is 2.75. The highest BCUT2D eigenvalue weighted by atomic mass is 35.5. The van der Waals surface area contributed by atoms with Gasteiger partial charge >= 0.3 is 0 Å². The van der Waals surface area contributed by atoms with E-state index in [-0.39, 0.29) is 0 Å². The molecule has 1 aromatic heterocycles. The van der Waals surface area contributed by atoms with Crippen LogP contribution in [0.25, 0.3) is 22.3 Å². The van der Waals surface area contributed by atoms with Crippen LogP contribution in [0.1, 0.15) is 5.56 Å². The van der Waals surface area contributed by atoms with E-state index in [1.165, 1.54) is 11.3 Å². The molecule has 0 unspecified atom stereocenters. The standard InChI is InChI=1S/C24H16ClN3S/c25-18-13-11-17(12-14-18)21-20(15-26)23(27)29-24(28-19-9-5-2-6-10-19)22(21)16-7-3-1-4-8-16/h1-14H,27H2. The van der Waals surface area contributed by atoms with Crippen molar-refractivity contribution in [3.8, 4) is 28.3 Å². The van der Waals surface area contributed by atoms with Gasteiger partial charge < -0.3 is 5.73 Å². The zero-order valence-corrected chi connectivity index (χ0v) is 16.9. The number of nitrogen functional groups attached to an aromatic ring is 1. The average molecular weight is 414 g/mol. The van der Waals surface area contributed by atoms with Crippen LogP contribution in [-0.4, -0.2) is 0 Å². The maximum Gasteiger partial charge on any atom is 0.127 e. The molecule has 0 amide bonds. The first-order chi connectivity index (χ1) is 14.2. The highest BCUT2D eigenvalue weighted by molar-refractivity contribution is 7.13. The third-order valence-electron chi connectivity index (χ3n) is 4.46. The first kappa shape index (κ1) is 18.9. The molecule has 0 fully saturated rings. The smallest absolute Gasteiger partial charge is 0.127 e. The highest BCUT2D eigenvalue weighted by Gasteiger charge is 2.19. The number of nitriles is 1. The Bertz CT molecular complexity index is 1260. The number of rotatable bonds is 3. The molecule has 0 bridgehead atoms. The molecular formula is C24H16ClN3S. The summed E-state index contributed by atoms with van der Waals surface area (Å²) >= 11 is 7.41. The van der Waals surface area contributed by atoms with Gasteiger partial charge in [0.05, 0.1) is 11.3 Å². The first-order valence-corrected chi connectivity index (χ1v) is 10.1. The third kappa shape index (κ3) is 3.93. The van der Waals surface area contributed by atoms with Crippen molar-refractivity contribution in [3.05, 3.63) is 100 Å². The van der Waals surface area contributed by atoms with Gasteiger partial charge in [0.25, 0.3) is 0 Å². The van der Waals surface area contributed by atoms with Crippen LogP contribution in [0.3, 0.4) is 0 Å². The minimum atomic E-state index is 0.437. The maximum atomic E-state index is 9.89. The van der Waals surface area contributed by atoms with Crippen LogP contribution in [0.5, 0.6) is 0 Å². The van der Waals surface area contributed by atoms with Crippen LogP contribution >= 0.6 is 22.9 Å². The SMILES string of the molecule is N#Cc1c(N)sc(=Nc2ccccc2)c(-c2ccccc2)c1-c1ccc(Cl)cc1. The van der Waals surface area contributed by atoms with E-state index in [4.69, 9.17) is 22.3 Å². The maximum absolute atomic E-state index is 9.89. The first-order valence-electron chi connectivity index (χ1n) is 8.95. The summed E-state index contributed by atoms with van der Waals surface area (Å²) in [6, 6.07) is 29.4. The lowest BCUT2D eigenvalue weighted by molar-refractivity contribution is 1.39. The number of nitrogens with zero attached hydrogens (tertiary/aromatic N) is 2. The Kier molecular flexibility index (Phi) is 5.44. The summed E-state index contributed by atoms with van der Waals surface area (Å²) in [6.07, 6.45) is 0. The fourth-order valence-electron chi connectivity index (χ4n) is 3.15. The summed E-state index contributed by atoms with van der Waals surface area (Å²) in [5.41, 5.74) is 11.1. The number of halogens is 1. The molecule has 5 heteroatoms. The Morgan fingerprint density at radius 1 is 0.793 bits per heavy atom. The molecule has 4 rings (SSSR count). The molecular weight excluding hydrogens is 398 g/mol. The molecule has 0 aliphatic rings. The molecule has 0 saturated heterocycles. The van der Waals surface area contributed by atoms with Crippen LogP contribution in [-0.2, 0) is 0 Å². The van der Waals surface area contributed by atoms with Gasteiger partial charge in [-0.3, -0.25) is 0 Å². The van der Waals surface area contributed by atoms with Gasteiger partial charge in [-0.05, 0) is 35.4 Å². The molecule has 0 spiro atoms. The summed E-state index contributed by atoms with van der Waals surface area (Å²) in [5.74, 6) is 0. The molecule has 0 atom stereocenters. The van der Waals surface area contributed by atoms with Crippen molar-refractivity contribution in [3.63, 3.8) is 0 Å². The minimum Gasteiger partial charge on any atom is -0.389 e. The van der Waals surface area contributed by atoms with Gasteiger partial charge in [-0.1, -0.05) is 83.6 Å². The van der Waals surface area contributed by atoms with E-state index in [0.717, 1.165) is 32.6 Å². The second-order valence-electron chi connectivity index (χ2n) is 6.33. The van der Waals surface area contributed by atoms with E-state index < -0.39 is 0 Å². The molecule has 4 aromatic rings. The lowest BCUT2D eigenvalue weighted by Gasteiger charge is -2.14. The summed E-state index contributed by atoms with van der Waals surface area (Å²) in [7, 11) is 0. The zero-order valence-electron chi connectivity index (χ0n) is 15.3. The van der Waals surface area contributed by atoms with Crippen LogP contribution < -0.4 is 10.4 Å². The van der Waals surface area contributed by atoms with E-state index in [0.29, 0.717) is 15.6 Å². The molecule has 1 heterocycles. The molecule has 0 aliphatic heterocycles. The van der Waals surface area contributed by atoms with Gasteiger partial charge in [0, 0.05) is 16.1 Å². The fourth-order valence-corrected chi connectivity index (χ4v) is 4.21. The second-order valence-corrected chi connectivity index (χ2v) is 7.80. The predicted octanol–water partition coefficient (Wildman–Crippen LogP) is 6.42. The summed E-state index contributed by atoms with van der Waals surface area (Å²) in [5, 5.41) is 11.0. The number of hydrogen-bond acceptors (Lipinski definition) is 4. The predicted molar refractivity (Wildman–Crippen MR) is 121 cm³/mol. The Morgan fingerprint density at radius 3 is 2.00 bits per heavy atom. The Hall–Kier alpha value is -3.39. The molecule has 140 valence electrons. The van der Waals surface area contributed by atoms with Crippen molar-refractivity contribution in [1.82, 2.24) is 0 Å². The molecule has 3 nitrogen and oxygen atoms in total. The number of hydrogen-bond donors (Lipinski definition) is 1. The molecule has 0 aliphatic carbocycles. The highest BCUT2D eigenvalue weighted by Crippen LogP contribution is 2.37. The molecule has 29 heavy (non-hydrogen) atoms. The molecule has 2 N–H and O–H groups in total. The number of benzene rings is 3. The van der Waals surface area contributed by atoms with Crippen LogP contribution in [0, 0.1) is 11.3 Å². The van der Waals surface area contributed by atoms with Gasteiger partial charge in [-0.15, -0.1) is 0 Å². The molecule has 0 radical (unpaired) electrons. The summed E-state index contributed by atoms with van der Waals surface area (Å²) < 4.78 is 0.754. The number of nitrogens with two attached hydrogens (primary N) is 1. The van der Waals surface area contributed by atoms with Crippen LogP contribution in [0.15, 0.2) is 89.9 Å². The Labute approximate surface area is 178 Å². The summed E-state index contributed by atoms with van der Waals surface area (Å²) in [6.45, 7) is 0. The Morgan fingerprint density at radius 2 is 1.38 bits per heavy atom. The largest absolute Gasteiger partial charge is 0.389 e. The molecule has 0 saturated carbocycles. The van der Waals surface area contributed by atoms with Gasteiger partial charge in [-0.2, -0.15) is 5.26 Å². The van der Waals surface area contributed by atoms with E-state index >= 15 is 0 Å². The topological polar surface area (TPSA) is 62.2 Å². The van der Waals surface area contributed by atoms with Gasteiger partial charge in [-0.25, -0.2) is 4.99 Å². The van der Waals surface area contributed by atoms with Crippen LogP contribution in [0.4, 0.5) is 10.7 Å². The van der Waals surface area contributed by atoms with Crippen molar-refractivity contribution >= 4 is 33.6 Å². The monoisotopic (exact) mass is 413 g/mol. The summed E-state index contributed by atoms with van der Waals surface area (Å²) in [4.78, 5) is 4.86. The quantitative estimate of drug-likeness (QED) is 0.421. The zero-order chi connectivity index (χ0) is 20.2. The van der Waals surface area contributed by atoms with E-state index in [1.807, 2.05) is 84.9 Å². The normalized spacial score (nSPS) is 11.2. The van der Waals surface area contributed by atoms with E-state index in [1.54, 1.807) is 0 Å². The lowest BCUT2D eigenvalue weighted by Crippen LogP contribution is -2.08.